The Hall–Kier alpha value is -2.36. The molecule has 0 N–H and O–H groups in total. The minimum absolute atomic E-state index is 0.263. The Bertz CT molecular complexity index is 911. The van der Waals surface area contributed by atoms with Gasteiger partial charge in [0.15, 0.2) is 0 Å². The molecular formula is C17H15N5S. The van der Waals surface area contributed by atoms with Crippen molar-refractivity contribution in [3.05, 3.63) is 52.6 Å². The number of benzene rings is 1. The van der Waals surface area contributed by atoms with Crippen LogP contribution in [0.2, 0.25) is 0 Å². The highest BCUT2D eigenvalue weighted by Crippen LogP contribution is 2.29. The monoisotopic (exact) mass is 321 g/mol. The fourth-order valence-electron chi connectivity index (χ4n) is 3.07. The standard InChI is InChI=1S/C17H15N5S/c1-11(12-2-3-16-15(6-12)20-10-23-16)22-5-4-14-13(9-22)8-19-17(7-18)21-14/h2-3,6,8,10-11H,4-5,9H2,1H3. The molecule has 6 heteroatoms. The highest BCUT2D eigenvalue weighted by Gasteiger charge is 2.23. The van der Waals surface area contributed by atoms with E-state index < -0.39 is 0 Å². The number of nitriles is 1. The Morgan fingerprint density at radius 1 is 1.35 bits per heavy atom. The maximum absolute atomic E-state index is 8.91. The average Bonchev–Trinajstić information content (AvgIpc) is 3.07. The van der Waals surface area contributed by atoms with Crippen molar-refractivity contribution in [3.63, 3.8) is 0 Å². The highest BCUT2D eigenvalue weighted by molar-refractivity contribution is 7.16. The van der Waals surface area contributed by atoms with E-state index in [1.165, 1.54) is 10.3 Å². The molecule has 4 rings (SSSR count). The van der Waals surface area contributed by atoms with Crippen LogP contribution in [-0.2, 0) is 13.0 Å². The quantitative estimate of drug-likeness (QED) is 0.725. The molecule has 1 unspecified atom stereocenters. The molecule has 23 heavy (non-hydrogen) atoms. The van der Waals surface area contributed by atoms with Crippen LogP contribution >= 0.6 is 11.3 Å². The first-order valence-electron chi connectivity index (χ1n) is 7.56. The molecule has 0 spiro atoms. The van der Waals surface area contributed by atoms with Crippen LogP contribution in [0.3, 0.4) is 0 Å². The highest BCUT2D eigenvalue weighted by atomic mass is 32.1. The molecule has 1 aliphatic rings. The zero-order valence-corrected chi connectivity index (χ0v) is 13.5. The summed E-state index contributed by atoms with van der Waals surface area (Å²) >= 11 is 1.67. The Kier molecular flexibility index (Phi) is 3.52. The first-order valence-corrected chi connectivity index (χ1v) is 8.44. The Morgan fingerprint density at radius 3 is 3.13 bits per heavy atom. The number of hydrogen-bond acceptors (Lipinski definition) is 6. The van der Waals surface area contributed by atoms with Gasteiger partial charge in [-0.3, -0.25) is 4.90 Å². The molecule has 114 valence electrons. The molecule has 0 bridgehead atoms. The van der Waals surface area contributed by atoms with Crippen LogP contribution in [0.15, 0.2) is 29.9 Å². The third-order valence-electron chi connectivity index (χ3n) is 4.45. The number of hydrogen-bond donors (Lipinski definition) is 0. The summed E-state index contributed by atoms with van der Waals surface area (Å²) < 4.78 is 1.22. The number of thiazole rings is 1. The molecule has 0 amide bonds. The van der Waals surface area contributed by atoms with Crippen molar-refractivity contribution in [3.8, 4) is 6.07 Å². The molecule has 3 heterocycles. The summed E-state index contributed by atoms with van der Waals surface area (Å²) in [7, 11) is 0. The van der Waals surface area contributed by atoms with Gasteiger partial charge in [0.25, 0.3) is 0 Å². The maximum Gasteiger partial charge on any atom is 0.232 e. The molecule has 0 fully saturated rings. The third kappa shape index (κ3) is 2.58. The fraction of sp³-hybridized carbons (Fsp3) is 0.294. The van der Waals surface area contributed by atoms with E-state index in [1.807, 2.05) is 11.6 Å². The van der Waals surface area contributed by atoms with E-state index in [4.69, 9.17) is 5.26 Å². The third-order valence-corrected chi connectivity index (χ3v) is 5.26. The predicted octanol–water partition coefficient (Wildman–Crippen LogP) is 3.08. The smallest absolute Gasteiger partial charge is 0.232 e. The number of rotatable bonds is 2. The molecule has 3 aromatic rings. The molecule has 1 aliphatic heterocycles. The van der Waals surface area contributed by atoms with Gasteiger partial charge in [-0.05, 0) is 24.6 Å². The van der Waals surface area contributed by atoms with Gasteiger partial charge in [-0.25, -0.2) is 15.0 Å². The normalized spacial score (nSPS) is 16.0. The van der Waals surface area contributed by atoms with E-state index in [0.29, 0.717) is 6.04 Å². The lowest BCUT2D eigenvalue weighted by Gasteiger charge is -2.33. The van der Waals surface area contributed by atoms with E-state index in [9.17, 15) is 0 Å². The summed E-state index contributed by atoms with van der Waals surface area (Å²) in [5.41, 5.74) is 6.37. The second-order valence-electron chi connectivity index (χ2n) is 5.75. The van der Waals surface area contributed by atoms with Crippen molar-refractivity contribution in [2.45, 2.75) is 25.9 Å². The van der Waals surface area contributed by atoms with Crippen LogP contribution in [0, 0.1) is 11.3 Å². The van der Waals surface area contributed by atoms with Gasteiger partial charge in [0.1, 0.15) is 6.07 Å². The van der Waals surface area contributed by atoms with Gasteiger partial charge < -0.3 is 0 Å². The number of fused-ring (bicyclic) bond motifs is 2. The van der Waals surface area contributed by atoms with Gasteiger partial charge in [-0.15, -0.1) is 11.3 Å². The zero-order valence-electron chi connectivity index (χ0n) is 12.7. The molecule has 2 aromatic heterocycles. The van der Waals surface area contributed by atoms with Gasteiger partial charge >= 0.3 is 0 Å². The van der Waals surface area contributed by atoms with Crippen molar-refractivity contribution in [1.82, 2.24) is 19.9 Å². The van der Waals surface area contributed by atoms with Crippen molar-refractivity contribution >= 4 is 21.6 Å². The average molecular weight is 321 g/mol. The van der Waals surface area contributed by atoms with Crippen molar-refractivity contribution in [1.29, 1.82) is 5.26 Å². The largest absolute Gasteiger partial charge is 0.292 e. The minimum atomic E-state index is 0.263. The van der Waals surface area contributed by atoms with Crippen LogP contribution in [0.5, 0.6) is 0 Å². The van der Waals surface area contributed by atoms with Gasteiger partial charge in [0.05, 0.1) is 21.4 Å². The van der Waals surface area contributed by atoms with Crippen molar-refractivity contribution in [2.24, 2.45) is 0 Å². The summed E-state index contributed by atoms with van der Waals surface area (Å²) in [6.07, 6.45) is 2.65. The molecular weight excluding hydrogens is 306 g/mol. The van der Waals surface area contributed by atoms with E-state index in [0.717, 1.165) is 36.3 Å². The fourth-order valence-corrected chi connectivity index (χ4v) is 3.73. The van der Waals surface area contributed by atoms with Crippen LogP contribution in [-0.4, -0.2) is 26.4 Å². The van der Waals surface area contributed by atoms with Crippen LogP contribution in [0.1, 0.15) is 35.6 Å². The van der Waals surface area contributed by atoms with Gasteiger partial charge in [0, 0.05) is 37.3 Å². The first kappa shape index (κ1) is 14.2. The van der Waals surface area contributed by atoms with Crippen LogP contribution in [0.25, 0.3) is 10.2 Å². The zero-order chi connectivity index (χ0) is 15.8. The topological polar surface area (TPSA) is 65.7 Å². The Balaban J connectivity index is 1.59. The van der Waals surface area contributed by atoms with E-state index >= 15 is 0 Å². The lowest BCUT2D eigenvalue weighted by molar-refractivity contribution is 0.190. The molecule has 0 saturated heterocycles. The van der Waals surface area contributed by atoms with Crippen LogP contribution < -0.4 is 0 Å². The number of aromatic nitrogens is 3. The lowest BCUT2D eigenvalue weighted by Crippen LogP contribution is -2.33. The molecule has 1 aromatic carbocycles. The predicted molar refractivity (Wildman–Crippen MR) is 88.9 cm³/mol. The molecule has 1 atom stereocenters. The Morgan fingerprint density at radius 2 is 2.26 bits per heavy atom. The van der Waals surface area contributed by atoms with E-state index in [2.05, 4.69) is 45.0 Å². The minimum Gasteiger partial charge on any atom is -0.292 e. The van der Waals surface area contributed by atoms with Gasteiger partial charge in [-0.2, -0.15) is 5.26 Å². The van der Waals surface area contributed by atoms with Gasteiger partial charge in [-0.1, -0.05) is 6.07 Å². The van der Waals surface area contributed by atoms with Crippen molar-refractivity contribution < 1.29 is 0 Å². The lowest BCUT2D eigenvalue weighted by atomic mass is 10.0. The van der Waals surface area contributed by atoms with Crippen LogP contribution in [0.4, 0.5) is 0 Å². The second-order valence-corrected chi connectivity index (χ2v) is 6.64. The van der Waals surface area contributed by atoms with Gasteiger partial charge in [0.2, 0.25) is 5.82 Å². The molecule has 5 nitrogen and oxygen atoms in total. The molecule has 0 radical (unpaired) electrons. The summed E-state index contributed by atoms with van der Waals surface area (Å²) in [6.45, 7) is 3.98. The summed E-state index contributed by atoms with van der Waals surface area (Å²) in [6, 6.07) is 8.84. The van der Waals surface area contributed by atoms with Crippen molar-refractivity contribution in [2.75, 3.05) is 6.54 Å². The SMILES string of the molecule is CC(c1ccc2scnc2c1)N1CCc2nc(C#N)ncc2C1. The maximum atomic E-state index is 8.91. The first-order chi connectivity index (χ1) is 11.2. The summed E-state index contributed by atoms with van der Waals surface area (Å²) in [4.78, 5) is 15.3. The Labute approximate surface area is 138 Å². The second kappa shape index (κ2) is 5.69. The van der Waals surface area contributed by atoms with E-state index in [1.54, 1.807) is 17.5 Å². The molecule has 0 saturated carbocycles. The summed E-state index contributed by atoms with van der Waals surface area (Å²) in [5, 5.41) is 8.91. The molecule has 0 aliphatic carbocycles. The van der Waals surface area contributed by atoms with E-state index in [-0.39, 0.29) is 5.82 Å². The number of nitrogens with zero attached hydrogens (tertiary/aromatic N) is 5. The summed E-state index contributed by atoms with van der Waals surface area (Å²) in [5.74, 6) is 0.263.